The fourth-order valence-electron chi connectivity index (χ4n) is 1.51. The van der Waals surface area contributed by atoms with Crippen LogP contribution in [0.25, 0.3) is 6.08 Å². The Hall–Kier alpha value is -1.37. The molecule has 0 heterocycles. The number of allylic oxidation sites excluding steroid dienone is 2. The lowest BCUT2D eigenvalue weighted by Crippen LogP contribution is -1.94. The van der Waals surface area contributed by atoms with Crippen LogP contribution in [0, 0.1) is 12.7 Å². The summed E-state index contributed by atoms with van der Waals surface area (Å²) in [6, 6.07) is 3.33. The minimum absolute atomic E-state index is 0.123. The molecule has 1 heteroatoms. The first kappa shape index (κ1) is 10.7. The molecule has 0 aliphatic carbocycles. The molecule has 0 N–H and O–H groups in total. The molecule has 0 aliphatic heterocycles. The van der Waals surface area contributed by atoms with E-state index < -0.39 is 0 Å². The van der Waals surface area contributed by atoms with Crippen molar-refractivity contribution in [3.63, 3.8) is 0 Å². The molecule has 74 valence electrons. The Morgan fingerprint density at radius 1 is 1.43 bits per heavy atom. The van der Waals surface area contributed by atoms with Gasteiger partial charge in [0.1, 0.15) is 5.82 Å². The first-order chi connectivity index (χ1) is 6.70. The average Bonchev–Trinajstić information content (AvgIpc) is 2.19. The molecule has 0 saturated heterocycles. The van der Waals surface area contributed by atoms with Crippen LogP contribution in [0.15, 0.2) is 30.9 Å². The summed E-state index contributed by atoms with van der Waals surface area (Å²) in [6.07, 6.45) is 6.15. The van der Waals surface area contributed by atoms with E-state index in [1.54, 1.807) is 12.1 Å². The van der Waals surface area contributed by atoms with Gasteiger partial charge in [-0.15, -0.1) is 0 Å². The molecule has 0 radical (unpaired) electrons. The third-order valence-corrected chi connectivity index (χ3v) is 2.27. The van der Waals surface area contributed by atoms with Crippen molar-refractivity contribution in [3.8, 4) is 0 Å². The van der Waals surface area contributed by atoms with Gasteiger partial charge in [0.05, 0.1) is 0 Å². The van der Waals surface area contributed by atoms with Gasteiger partial charge in [-0.1, -0.05) is 37.8 Å². The number of hydrogen-bond acceptors (Lipinski definition) is 0. The van der Waals surface area contributed by atoms with Crippen LogP contribution in [-0.2, 0) is 6.42 Å². The fraction of sp³-hybridized carbons (Fsp3) is 0.231. The molecule has 0 spiro atoms. The van der Waals surface area contributed by atoms with Gasteiger partial charge in [-0.3, -0.25) is 0 Å². The maximum Gasteiger partial charge on any atom is 0.127 e. The van der Waals surface area contributed by atoms with Crippen molar-refractivity contribution in [2.75, 3.05) is 0 Å². The highest BCUT2D eigenvalue weighted by molar-refractivity contribution is 5.59. The van der Waals surface area contributed by atoms with Gasteiger partial charge in [-0.05, 0) is 36.1 Å². The molecule has 1 aromatic carbocycles. The molecule has 0 atom stereocenters. The lowest BCUT2D eigenvalue weighted by atomic mass is 9.99. The van der Waals surface area contributed by atoms with Crippen LogP contribution in [0.1, 0.15) is 23.6 Å². The van der Waals surface area contributed by atoms with E-state index in [2.05, 4.69) is 6.58 Å². The average molecular weight is 190 g/mol. The highest BCUT2D eigenvalue weighted by atomic mass is 19.1. The summed E-state index contributed by atoms with van der Waals surface area (Å²) in [5, 5.41) is 0. The van der Waals surface area contributed by atoms with E-state index in [1.807, 2.05) is 26.0 Å². The van der Waals surface area contributed by atoms with E-state index in [-0.39, 0.29) is 5.82 Å². The van der Waals surface area contributed by atoms with Crippen molar-refractivity contribution in [1.82, 2.24) is 0 Å². The third kappa shape index (κ3) is 2.11. The van der Waals surface area contributed by atoms with Crippen LogP contribution in [0.3, 0.4) is 0 Å². The highest BCUT2D eigenvalue weighted by Gasteiger charge is 2.06. The summed E-state index contributed by atoms with van der Waals surface area (Å²) < 4.78 is 13.4. The second kappa shape index (κ2) is 4.75. The van der Waals surface area contributed by atoms with E-state index in [0.717, 1.165) is 16.7 Å². The smallest absolute Gasteiger partial charge is 0.127 e. The van der Waals surface area contributed by atoms with Crippen LogP contribution >= 0.6 is 0 Å². The molecule has 0 amide bonds. The van der Waals surface area contributed by atoms with Crippen molar-refractivity contribution in [1.29, 1.82) is 0 Å². The standard InChI is InChI=1S/C13H15F/c1-4-6-7-12-10(3)8-9-13(14)11(12)5-2/h4,6-9H,1,5H2,2-3H3/b7-6-. The number of aryl methyl sites for hydroxylation is 1. The molecule has 0 aliphatic rings. The largest absolute Gasteiger partial charge is 0.207 e. The summed E-state index contributed by atoms with van der Waals surface area (Å²) >= 11 is 0. The van der Waals surface area contributed by atoms with Crippen LogP contribution in [0.5, 0.6) is 0 Å². The maximum absolute atomic E-state index is 13.4. The van der Waals surface area contributed by atoms with Crippen LogP contribution in [0.4, 0.5) is 4.39 Å². The zero-order valence-electron chi connectivity index (χ0n) is 8.68. The molecule has 0 fully saturated rings. The minimum Gasteiger partial charge on any atom is -0.207 e. The highest BCUT2D eigenvalue weighted by Crippen LogP contribution is 2.20. The quantitative estimate of drug-likeness (QED) is 0.634. The Morgan fingerprint density at radius 3 is 2.71 bits per heavy atom. The third-order valence-electron chi connectivity index (χ3n) is 2.27. The monoisotopic (exact) mass is 190 g/mol. The van der Waals surface area contributed by atoms with E-state index >= 15 is 0 Å². The predicted molar refractivity (Wildman–Crippen MR) is 59.7 cm³/mol. The molecule has 0 nitrogen and oxygen atoms in total. The van der Waals surface area contributed by atoms with Gasteiger partial charge in [0.25, 0.3) is 0 Å². The van der Waals surface area contributed by atoms with Gasteiger partial charge < -0.3 is 0 Å². The second-order valence-electron chi connectivity index (χ2n) is 3.20. The van der Waals surface area contributed by atoms with Gasteiger partial charge in [-0.25, -0.2) is 4.39 Å². The lowest BCUT2D eigenvalue weighted by molar-refractivity contribution is 0.611. The Morgan fingerprint density at radius 2 is 2.14 bits per heavy atom. The SMILES string of the molecule is C=C/C=C\c1c(C)ccc(F)c1CC. The topological polar surface area (TPSA) is 0 Å². The van der Waals surface area contributed by atoms with Crippen molar-refractivity contribution in [3.05, 3.63) is 53.4 Å². The molecule has 1 rings (SSSR count). The summed E-state index contributed by atoms with van der Waals surface area (Å²) in [4.78, 5) is 0. The Kier molecular flexibility index (Phi) is 3.63. The zero-order chi connectivity index (χ0) is 10.6. The maximum atomic E-state index is 13.4. The Labute approximate surface area is 84.8 Å². The van der Waals surface area contributed by atoms with Crippen LogP contribution in [0.2, 0.25) is 0 Å². The van der Waals surface area contributed by atoms with Crippen LogP contribution in [-0.4, -0.2) is 0 Å². The number of benzene rings is 1. The van der Waals surface area contributed by atoms with Gasteiger partial charge in [0.2, 0.25) is 0 Å². The predicted octanol–water partition coefficient (Wildman–Crippen LogP) is 3.90. The molecular formula is C13H15F. The molecule has 0 bridgehead atoms. The van der Waals surface area contributed by atoms with Crippen LogP contribution < -0.4 is 0 Å². The minimum atomic E-state index is -0.123. The number of hydrogen-bond donors (Lipinski definition) is 0. The van der Waals surface area contributed by atoms with Gasteiger partial charge in [-0.2, -0.15) is 0 Å². The first-order valence-corrected chi connectivity index (χ1v) is 4.77. The Balaban J connectivity index is 3.29. The van der Waals surface area contributed by atoms with E-state index in [0.29, 0.717) is 6.42 Å². The molecular weight excluding hydrogens is 175 g/mol. The number of rotatable bonds is 3. The molecule has 14 heavy (non-hydrogen) atoms. The lowest BCUT2D eigenvalue weighted by Gasteiger charge is -2.08. The Bertz CT molecular complexity index is 362. The number of halogens is 1. The van der Waals surface area contributed by atoms with Gasteiger partial charge in [0, 0.05) is 0 Å². The van der Waals surface area contributed by atoms with E-state index in [1.165, 1.54) is 6.07 Å². The normalized spacial score (nSPS) is 10.8. The van der Waals surface area contributed by atoms with Gasteiger partial charge in [0.15, 0.2) is 0 Å². The van der Waals surface area contributed by atoms with E-state index in [4.69, 9.17) is 0 Å². The van der Waals surface area contributed by atoms with Crippen molar-refractivity contribution >= 4 is 6.08 Å². The second-order valence-corrected chi connectivity index (χ2v) is 3.20. The van der Waals surface area contributed by atoms with Crippen molar-refractivity contribution < 1.29 is 4.39 Å². The van der Waals surface area contributed by atoms with Gasteiger partial charge >= 0.3 is 0 Å². The molecule has 0 unspecified atom stereocenters. The molecule has 0 aromatic heterocycles. The first-order valence-electron chi connectivity index (χ1n) is 4.77. The fourth-order valence-corrected chi connectivity index (χ4v) is 1.51. The molecule has 0 saturated carbocycles. The summed E-state index contributed by atoms with van der Waals surface area (Å²) in [5.41, 5.74) is 2.86. The van der Waals surface area contributed by atoms with Crippen molar-refractivity contribution in [2.45, 2.75) is 20.3 Å². The van der Waals surface area contributed by atoms with Crippen molar-refractivity contribution in [2.24, 2.45) is 0 Å². The zero-order valence-corrected chi connectivity index (χ0v) is 8.68. The summed E-state index contributed by atoms with van der Waals surface area (Å²) in [5.74, 6) is -0.123. The molecule has 1 aromatic rings. The summed E-state index contributed by atoms with van der Waals surface area (Å²) in [7, 11) is 0. The summed E-state index contributed by atoms with van der Waals surface area (Å²) in [6.45, 7) is 7.55. The van der Waals surface area contributed by atoms with E-state index in [9.17, 15) is 4.39 Å².